The normalized spacial score (nSPS) is 10.6. The lowest BCUT2D eigenvalue weighted by Crippen LogP contribution is -2.31. The van der Waals surface area contributed by atoms with E-state index >= 15 is 0 Å². The van der Waals surface area contributed by atoms with Gasteiger partial charge in [-0.05, 0) is 13.3 Å². The average Bonchev–Trinajstić information content (AvgIpc) is 2.44. The van der Waals surface area contributed by atoms with E-state index in [2.05, 4.69) is 27.1 Å². The Morgan fingerprint density at radius 2 is 1.80 bits per heavy atom. The number of aromatic nitrogens is 2. The molecule has 0 atom stereocenters. The van der Waals surface area contributed by atoms with E-state index in [4.69, 9.17) is 9.47 Å². The number of methoxy groups -OCH3 is 2. The molecule has 0 fully saturated rings. The summed E-state index contributed by atoms with van der Waals surface area (Å²) < 4.78 is 10.3. The van der Waals surface area contributed by atoms with Crippen molar-refractivity contribution in [2.24, 2.45) is 0 Å². The van der Waals surface area contributed by atoms with Crippen LogP contribution in [-0.4, -0.2) is 57.0 Å². The van der Waals surface area contributed by atoms with Crippen LogP contribution in [0.4, 0.5) is 11.8 Å². The predicted octanol–water partition coefficient (Wildman–Crippen LogP) is 1.71. The van der Waals surface area contributed by atoms with Gasteiger partial charge in [0.25, 0.3) is 0 Å². The number of aryl methyl sites for hydroxylation is 1. The fraction of sp³-hybridized carbons (Fsp3) is 0.714. The van der Waals surface area contributed by atoms with Crippen molar-refractivity contribution >= 4 is 11.8 Å². The van der Waals surface area contributed by atoms with Crippen LogP contribution in [0.15, 0.2) is 6.07 Å². The highest BCUT2D eigenvalue weighted by molar-refractivity contribution is 5.44. The zero-order chi connectivity index (χ0) is 14.8. The Bertz CT molecular complexity index is 379. The third kappa shape index (κ3) is 5.71. The summed E-state index contributed by atoms with van der Waals surface area (Å²) in [5.74, 6) is 1.59. The van der Waals surface area contributed by atoms with E-state index in [-0.39, 0.29) is 0 Å². The Morgan fingerprint density at radius 1 is 1.15 bits per heavy atom. The van der Waals surface area contributed by atoms with Crippen molar-refractivity contribution in [1.29, 1.82) is 0 Å². The smallest absolute Gasteiger partial charge is 0.224 e. The third-order valence-corrected chi connectivity index (χ3v) is 2.83. The second-order valence-electron chi connectivity index (χ2n) is 4.59. The standard InChI is InChI=1S/C14H26N4O2/c1-5-6-15-14-16-12(2)11-13(17-14)18(7-9-19-3)8-10-20-4/h11H,5-10H2,1-4H3,(H,15,16,17). The van der Waals surface area contributed by atoms with E-state index < -0.39 is 0 Å². The zero-order valence-corrected chi connectivity index (χ0v) is 13.0. The molecular formula is C14H26N4O2. The van der Waals surface area contributed by atoms with Gasteiger partial charge in [-0.15, -0.1) is 0 Å². The number of hydrogen-bond acceptors (Lipinski definition) is 6. The van der Waals surface area contributed by atoms with E-state index in [9.17, 15) is 0 Å². The fourth-order valence-electron chi connectivity index (χ4n) is 1.77. The van der Waals surface area contributed by atoms with E-state index in [1.54, 1.807) is 14.2 Å². The summed E-state index contributed by atoms with van der Waals surface area (Å²) in [6.07, 6.45) is 1.05. The molecule has 0 amide bonds. The van der Waals surface area contributed by atoms with Gasteiger partial charge in [0.1, 0.15) is 5.82 Å². The SMILES string of the molecule is CCCNc1nc(C)cc(N(CCOC)CCOC)n1. The van der Waals surface area contributed by atoms with Gasteiger partial charge in [0, 0.05) is 45.6 Å². The molecular weight excluding hydrogens is 256 g/mol. The third-order valence-electron chi connectivity index (χ3n) is 2.83. The summed E-state index contributed by atoms with van der Waals surface area (Å²) >= 11 is 0. The minimum atomic E-state index is 0.657. The maximum Gasteiger partial charge on any atom is 0.224 e. The molecule has 1 aromatic heterocycles. The average molecular weight is 282 g/mol. The Kier molecular flexibility index (Phi) is 7.91. The van der Waals surface area contributed by atoms with Crippen molar-refractivity contribution in [1.82, 2.24) is 9.97 Å². The largest absolute Gasteiger partial charge is 0.383 e. The van der Waals surface area contributed by atoms with E-state index in [1.165, 1.54) is 0 Å². The second-order valence-corrected chi connectivity index (χ2v) is 4.59. The van der Waals surface area contributed by atoms with Crippen LogP contribution in [-0.2, 0) is 9.47 Å². The van der Waals surface area contributed by atoms with E-state index in [0.29, 0.717) is 19.2 Å². The van der Waals surface area contributed by atoms with Crippen LogP contribution in [0.2, 0.25) is 0 Å². The summed E-state index contributed by atoms with van der Waals surface area (Å²) in [5, 5.41) is 3.23. The highest BCUT2D eigenvalue weighted by atomic mass is 16.5. The Morgan fingerprint density at radius 3 is 2.35 bits per heavy atom. The van der Waals surface area contributed by atoms with Crippen molar-refractivity contribution in [3.63, 3.8) is 0 Å². The van der Waals surface area contributed by atoms with Crippen LogP contribution in [0.25, 0.3) is 0 Å². The van der Waals surface area contributed by atoms with Crippen LogP contribution >= 0.6 is 0 Å². The van der Waals surface area contributed by atoms with Gasteiger partial charge in [0.15, 0.2) is 0 Å². The molecule has 0 saturated carbocycles. The molecule has 6 nitrogen and oxygen atoms in total. The van der Waals surface area contributed by atoms with Gasteiger partial charge in [0.2, 0.25) is 5.95 Å². The summed E-state index contributed by atoms with van der Waals surface area (Å²) in [6, 6.07) is 1.99. The number of nitrogens with one attached hydrogen (secondary N) is 1. The summed E-state index contributed by atoms with van der Waals surface area (Å²) in [5.41, 5.74) is 0.952. The molecule has 0 aliphatic heterocycles. The van der Waals surface area contributed by atoms with Crippen LogP contribution in [0.3, 0.4) is 0 Å². The molecule has 20 heavy (non-hydrogen) atoms. The first kappa shape index (κ1) is 16.7. The first-order chi connectivity index (χ1) is 9.71. The fourth-order valence-corrected chi connectivity index (χ4v) is 1.77. The number of anilines is 2. The molecule has 0 aliphatic carbocycles. The van der Waals surface area contributed by atoms with Crippen LogP contribution in [0.5, 0.6) is 0 Å². The Labute approximate surface area is 121 Å². The lowest BCUT2D eigenvalue weighted by Gasteiger charge is -2.23. The molecule has 1 heterocycles. The molecule has 0 aliphatic rings. The van der Waals surface area contributed by atoms with Crippen LogP contribution in [0, 0.1) is 6.92 Å². The monoisotopic (exact) mass is 282 g/mol. The number of ether oxygens (including phenoxy) is 2. The molecule has 0 unspecified atom stereocenters. The van der Waals surface area contributed by atoms with Gasteiger partial charge in [-0.2, -0.15) is 4.98 Å². The predicted molar refractivity (Wildman–Crippen MR) is 81.5 cm³/mol. The topological polar surface area (TPSA) is 59.5 Å². The van der Waals surface area contributed by atoms with Crippen LogP contribution in [0.1, 0.15) is 19.0 Å². The van der Waals surface area contributed by atoms with Crippen molar-refractivity contribution in [3.05, 3.63) is 11.8 Å². The Hall–Kier alpha value is -1.40. The summed E-state index contributed by atoms with van der Waals surface area (Å²) in [4.78, 5) is 11.1. The van der Waals surface area contributed by atoms with Gasteiger partial charge in [-0.25, -0.2) is 4.98 Å². The molecule has 0 radical (unpaired) electrons. The molecule has 1 rings (SSSR count). The quantitative estimate of drug-likeness (QED) is 0.705. The van der Waals surface area contributed by atoms with Gasteiger partial charge < -0.3 is 19.7 Å². The molecule has 114 valence electrons. The number of rotatable bonds is 10. The van der Waals surface area contributed by atoms with Crippen molar-refractivity contribution < 1.29 is 9.47 Å². The molecule has 6 heteroatoms. The van der Waals surface area contributed by atoms with Crippen molar-refractivity contribution in [2.75, 3.05) is 57.3 Å². The van der Waals surface area contributed by atoms with Crippen molar-refractivity contribution in [2.45, 2.75) is 20.3 Å². The van der Waals surface area contributed by atoms with E-state index in [0.717, 1.165) is 37.6 Å². The minimum absolute atomic E-state index is 0.657. The maximum absolute atomic E-state index is 5.16. The lowest BCUT2D eigenvalue weighted by atomic mass is 10.3. The van der Waals surface area contributed by atoms with E-state index in [1.807, 2.05) is 13.0 Å². The van der Waals surface area contributed by atoms with Crippen molar-refractivity contribution in [3.8, 4) is 0 Å². The first-order valence-electron chi connectivity index (χ1n) is 7.03. The zero-order valence-electron chi connectivity index (χ0n) is 13.0. The number of nitrogens with zero attached hydrogens (tertiary/aromatic N) is 3. The molecule has 0 spiro atoms. The van der Waals surface area contributed by atoms with Crippen LogP contribution < -0.4 is 10.2 Å². The highest BCUT2D eigenvalue weighted by Gasteiger charge is 2.10. The Balaban J connectivity index is 2.83. The van der Waals surface area contributed by atoms with Gasteiger partial charge >= 0.3 is 0 Å². The first-order valence-corrected chi connectivity index (χ1v) is 7.03. The molecule has 0 bridgehead atoms. The molecule has 1 N–H and O–H groups in total. The highest BCUT2D eigenvalue weighted by Crippen LogP contribution is 2.14. The van der Waals surface area contributed by atoms with Gasteiger partial charge in [0.05, 0.1) is 13.2 Å². The maximum atomic E-state index is 5.16. The van der Waals surface area contributed by atoms with Gasteiger partial charge in [-0.3, -0.25) is 0 Å². The molecule has 1 aromatic rings. The molecule has 0 aromatic carbocycles. The second kappa shape index (κ2) is 9.50. The van der Waals surface area contributed by atoms with Gasteiger partial charge in [-0.1, -0.05) is 6.92 Å². The number of hydrogen-bond donors (Lipinski definition) is 1. The minimum Gasteiger partial charge on any atom is -0.383 e. The summed E-state index contributed by atoms with van der Waals surface area (Å²) in [6.45, 7) is 7.85. The molecule has 0 saturated heterocycles. The summed E-state index contributed by atoms with van der Waals surface area (Å²) in [7, 11) is 3.40. The lowest BCUT2D eigenvalue weighted by molar-refractivity contribution is 0.190.